The summed E-state index contributed by atoms with van der Waals surface area (Å²) in [6.07, 6.45) is 0.212. The Morgan fingerprint density at radius 2 is 1.85 bits per heavy atom. The number of carbonyl (C=O) groups excluding carboxylic acids is 3. The van der Waals surface area contributed by atoms with Gasteiger partial charge in [-0.15, -0.1) is 11.3 Å². The number of thiazole rings is 1. The number of nitrogens with zero attached hydrogens (tertiary/aromatic N) is 2. The number of amides is 3. The van der Waals surface area contributed by atoms with Crippen molar-refractivity contribution in [2.75, 3.05) is 11.9 Å². The van der Waals surface area contributed by atoms with Gasteiger partial charge in [0, 0.05) is 37.4 Å². The van der Waals surface area contributed by atoms with E-state index in [-0.39, 0.29) is 36.1 Å². The maximum Gasteiger partial charge on any atom is 0.231 e. The number of likely N-dealkylation sites (tertiary alicyclic amines) is 1. The van der Waals surface area contributed by atoms with Crippen LogP contribution in [0.4, 0.5) is 5.13 Å². The lowest BCUT2D eigenvalue weighted by molar-refractivity contribution is -0.128. The average molecular weight is 477 g/mol. The van der Waals surface area contributed by atoms with Crippen molar-refractivity contribution >= 4 is 34.2 Å². The van der Waals surface area contributed by atoms with Crippen LogP contribution in [0.1, 0.15) is 43.0 Å². The van der Waals surface area contributed by atoms with Crippen LogP contribution in [0, 0.1) is 12.8 Å². The Kier molecular flexibility index (Phi) is 7.07. The first-order valence-electron chi connectivity index (χ1n) is 11.3. The summed E-state index contributed by atoms with van der Waals surface area (Å²) in [4.78, 5) is 42.8. The van der Waals surface area contributed by atoms with Crippen LogP contribution in [-0.4, -0.2) is 34.2 Å². The Labute approximate surface area is 203 Å². The molecule has 3 amide bonds. The van der Waals surface area contributed by atoms with E-state index < -0.39 is 0 Å². The highest BCUT2D eigenvalue weighted by atomic mass is 32.1. The normalized spacial score (nSPS) is 16.4. The molecular formula is C26H28N4O3S. The molecule has 0 saturated carbocycles. The van der Waals surface area contributed by atoms with E-state index in [0.29, 0.717) is 18.2 Å². The van der Waals surface area contributed by atoms with Gasteiger partial charge in [0.1, 0.15) is 0 Å². The van der Waals surface area contributed by atoms with Crippen LogP contribution < -0.4 is 10.6 Å². The standard InChI is InChI=1S/C26H28N4O3S/c1-16-4-6-19(7-5-16)13-30-14-22(12-24(30)32)25(33)29-26-28-23(15-34-26)21-10-8-20(9-11-21)17(2)27-18(3)31/h4-11,15,17,22H,12-14H2,1-3H3,(H,27,31)(H,28,29,33)/t17-,22+/m0/s1. The molecule has 1 aliphatic heterocycles. The van der Waals surface area contributed by atoms with Gasteiger partial charge in [0.15, 0.2) is 5.13 Å². The lowest BCUT2D eigenvalue weighted by Crippen LogP contribution is -2.28. The fourth-order valence-electron chi connectivity index (χ4n) is 4.02. The maximum absolute atomic E-state index is 12.8. The molecule has 3 aromatic rings. The molecule has 34 heavy (non-hydrogen) atoms. The van der Waals surface area contributed by atoms with Crippen molar-refractivity contribution in [1.29, 1.82) is 0 Å². The van der Waals surface area contributed by atoms with Crippen molar-refractivity contribution in [2.45, 2.75) is 39.8 Å². The summed E-state index contributed by atoms with van der Waals surface area (Å²) in [5.41, 5.74) is 4.93. The van der Waals surface area contributed by atoms with Crippen LogP contribution in [0.15, 0.2) is 53.9 Å². The highest BCUT2D eigenvalue weighted by Gasteiger charge is 2.34. The van der Waals surface area contributed by atoms with Crippen molar-refractivity contribution in [2.24, 2.45) is 5.92 Å². The van der Waals surface area contributed by atoms with E-state index in [1.165, 1.54) is 23.8 Å². The molecule has 2 heterocycles. The first-order valence-corrected chi connectivity index (χ1v) is 12.1. The minimum atomic E-state index is -0.389. The zero-order chi connectivity index (χ0) is 24.2. The van der Waals surface area contributed by atoms with Gasteiger partial charge in [-0.25, -0.2) is 4.98 Å². The molecule has 0 unspecified atom stereocenters. The highest BCUT2D eigenvalue weighted by molar-refractivity contribution is 7.14. The molecule has 0 aliphatic carbocycles. The van der Waals surface area contributed by atoms with Gasteiger partial charge in [0.05, 0.1) is 17.7 Å². The van der Waals surface area contributed by atoms with Gasteiger partial charge >= 0.3 is 0 Å². The molecule has 8 heteroatoms. The lowest BCUT2D eigenvalue weighted by atomic mass is 10.1. The summed E-state index contributed by atoms with van der Waals surface area (Å²) >= 11 is 1.36. The Morgan fingerprint density at radius 3 is 2.53 bits per heavy atom. The molecule has 0 radical (unpaired) electrons. The number of rotatable bonds is 7. The second-order valence-electron chi connectivity index (χ2n) is 8.73. The van der Waals surface area contributed by atoms with Crippen molar-refractivity contribution in [3.05, 3.63) is 70.6 Å². The molecule has 2 atom stereocenters. The smallest absolute Gasteiger partial charge is 0.231 e. The molecule has 1 aromatic heterocycles. The molecule has 2 N–H and O–H groups in total. The van der Waals surface area contributed by atoms with Crippen LogP contribution in [0.5, 0.6) is 0 Å². The number of hydrogen-bond donors (Lipinski definition) is 2. The molecule has 176 valence electrons. The maximum atomic E-state index is 12.8. The lowest BCUT2D eigenvalue weighted by Gasteiger charge is -2.16. The topological polar surface area (TPSA) is 91.4 Å². The number of nitrogens with one attached hydrogen (secondary N) is 2. The second kappa shape index (κ2) is 10.2. The molecule has 4 rings (SSSR count). The molecule has 1 saturated heterocycles. The van der Waals surface area contributed by atoms with Gasteiger partial charge < -0.3 is 15.5 Å². The third-order valence-electron chi connectivity index (χ3n) is 5.94. The van der Waals surface area contributed by atoms with Crippen LogP contribution in [0.3, 0.4) is 0 Å². The monoisotopic (exact) mass is 476 g/mol. The second-order valence-corrected chi connectivity index (χ2v) is 9.59. The summed E-state index contributed by atoms with van der Waals surface area (Å²) < 4.78 is 0. The summed E-state index contributed by atoms with van der Waals surface area (Å²) in [7, 11) is 0. The Balaban J connectivity index is 1.34. The SMILES string of the molecule is CC(=O)N[C@@H](C)c1ccc(-c2csc(NC(=O)[C@@H]3CC(=O)N(Cc4ccc(C)cc4)C3)n2)cc1. The van der Waals surface area contributed by atoms with Gasteiger partial charge in [-0.1, -0.05) is 54.1 Å². The average Bonchev–Trinajstić information content (AvgIpc) is 3.42. The number of aryl methyl sites for hydroxylation is 1. The predicted molar refractivity (Wildman–Crippen MR) is 133 cm³/mol. The number of aromatic nitrogens is 1. The fourth-order valence-corrected chi connectivity index (χ4v) is 4.74. The van der Waals surface area contributed by atoms with Gasteiger partial charge in [0.25, 0.3) is 0 Å². The first-order chi connectivity index (χ1) is 16.3. The van der Waals surface area contributed by atoms with Crippen LogP contribution in [-0.2, 0) is 20.9 Å². The zero-order valence-electron chi connectivity index (χ0n) is 19.5. The first kappa shape index (κ1) is 23.6. The summed E-state index contributed by atoms with van der Waals surface area (Å²) in [6.45, 7) is 6.38. The van der Waals surface area contributed by atoms with Crippen molar-refractivity contribution in [3.63, 3.8) is 0 Å². The summed E-state index contributed by atoms with van der Waals surface area (Å²) in [6, 6.07) is 15.8. The third-order valence-corrected chi connectivity index (χ3v) is 6.70. The molecule has 1 fully saturated rings. The van der Waals surface area contributed by atoms with Crippen molar-refractivity contribution < 1.29 is 14.4 Å². The predicted octanol–water partition coefficient (Wildman–Crippen LogP) is 4.30. The van der Waals surface area contributed by atoms with E-state index in [2.05, 4.69) is 15.6 Å². The summed E-state index contributed by atoms with van der Waals surface area (Å²) in [5.74, 6) is -0.646. The van der Waals surface area contributed by atoms with E-state index in [4.69, 9.17) is 0 Å². The van der Waals surface area contributed by atoms with Crippen LogP contribution in [0.25, 0.3) is 11.3 Å². The van der Waals surface area contributed by atoms with Crippen LogP contribution >= 0.6 is 11.3 Å². The van der Waals surface area contributed by atoms with Gasteiger partial charge in [-0.3, -0.25) is 14.4 Å². The largest absolute Gasteiger partial charge is 0.350 e. The molecule has 1 aliphatic rings. The van der Waals surface area contributed by atoms with E-state index in [0.717, 1.165) is 22.4 Å². The Morgan fingerprint density at radius 1 is 1.15 bits per heavy atom. The zero-order valence-corrected chi connectivity index (χ0v) is 20.3. The third kappa shape index (κ3) is 5.69. The minimum absolute atomic E-state index is 0.00543. The number of hydrogen-bond acceptors (Lipinski definition) is 5. The highest BCUT2D eigenvalue weighted by Crippen LogP contribution is 2.28. The van der Waals surface area contributed by atoms with Crippen molar-refractivity contribution in [3.8, 4) is 11.3 Å². The van der Waals surface area contributed by atoms with E-state index in [1.54, 1.807) is 4.90 Å². The van der Waals surface area contributed by atoms with E-state index >= 15 is 0 Å². The quantitative estimate of drug-likeness (QED) is 0.532. The number of carbonyl (C=O) groups is 3. The van der Waals surface area contributed by atoms with Crippen molar-refractivity contribution in [1.82, 2.24) is 15.2 Å². The van der Waals surface area contributed by atoms with E-state index in [1.807, 2.05) is 67.8 Å². The molecule has 7 nitrogen and oxygen atoms in total. The molecule has 2 aromatic carbocycles. The van der Waals surface area contributed by atoms with Gasteiger partial charge in [-0.05, 0) is 25.0 Å². The molecule has 0 bridgehead atoms. The Hall–Kier alpha value is -3.52. The fraction of sp³-hybridized carbons (Fsp3) is 0.308. The minimum Gasteiger partial charge on any atom is -0.350 e. The number of benzene rings is 2. The Bertz CT molecular complexity index is 1190. The molecular weight excluding hydrogens is 448 g/mol. The molecule has 0 spiro atoms. The van der Waals surface area contributed by atoms with Gasteiger partial charge in [0.2, 0.25) is 17.7 Å². The summed E-state index contributed by atoms with van der Waals surface area (Å²) in [5, 5.41) is 8.15. The number of anilines is 1. The van der Waals surface area contributed by atoms with Gasteiger partial charge in [-0.2, -0.15) is 0 Å². The van der Waals surface area contributed by atoms with E-state index in [9.17, 15) is 14.4 Å². The van der Waals surface area contributed by atoms with Crippen LogP contribution in [0.2, 0.25) is 0 Å².